The Balaban J connectivity index is 2.60. The number of hydrogen-bond acceptors (Lipinski definition) is 5. The minimum atomic E-state index is -0.430. The maximum absolute atomic E-state index is 10.7. The molecule has 0 fully saturated rings. The van der Waals surface area contributed by atoms with Gasteiger partial charge in [-0.25, -0.2) is 5.53 Å². The summed E-state index contributed by atoms with van der Waals surface area (Å²) < 4.78 is 5.45. The molecular formula is C13H17ClN4O2. The lowest BCUT2D eigenvalue weighted by atomic mass is 10.1. The Bertz CT molecular complexity index is 505. The summed E-state index contributed by atoms with van der Waals surface area (Å²) in [7, 11) is 0. The molecule has 4 N–H and O–H groups in total. The predicted octanol–water partition coefficient (Wildman–Crippen LogP) is 2.77. The highest BCUT2D eigenvalue weighted by Crippen LogP contribution is 2.26. The van der Waals surface area contributed by atoms with Crippen LogP contribution in [0, 0.1) is 10.9 Å². The number of ether oxygens (including phenoxy) is 1. The highest BCUT2D eigenvalue weighted by atomic mass is 35.5. The molecule has 1 rings (SSSR count). The normalized spacial score (nSPS) is 10.1. The number of nitrogens with zero attached hydrogens (tertiary/aromatic N) is 1. The molecule has 1 aromatic rings. The third kappa shape index (κ3) is 5.36. The van der Waals surface area contributed by atoms with Gasteiger partial charge in [0, 0.05) is 18.6 Å². The number of primary amides is 1. The van der Waals surface area contributed by atoms with Crippen LogP contribution in [0.3, 0.4) is 0 Å². The summed E-state index contributed by atoms with van der Waals surface area (Å²) in [6.07, 6.45) is 1.08. The van der Waals surface area contributed by atoms with Crippen LogP contribution in [0.15, 0.2) is 23.3 Å². The first-order valence-electron chi connectivity index (χ1n) is 6.16. The van der Waals surface area contributed by atoms with Crippen LogP contribution in [0.2, 0.25) is 5.02 Å². The van der Waals surface area contributed by atoms with Crippen molar-refractivity contribution >= 4 is 23.2 Å². The van der Waals surface area contributed by atoms with Crippen molar-refractivity contribution in [2.24, 2.45) is 10.8 Å². The Labute approximate surface area is 122 Å². The number of hydrogen-bond donors (Lipinski definition) is 3. The van der Waals surface area contributed by atoms with Crippen molar-refractivity contribution in [3.05, 3.63) is 28.8 Å². The molecule has 108 valence electrons. The van der Waals surface area contributed by atoms with Gasteiger partial charge in [-0.3, -0.25) is 4.79 Å². The largest absolute Gasteiger partial charge is 0.492 e. The zero-order valence-electron chi connectivity index (χ0n) is 11.0. The number of rotatable bonds is 9. The summed E-state index contributed by atoms with van der Waals surface area (Å²) in [4.78, 5) is 10.7. The molecule has 6 nitrogen and oxygen atoms in total. The smallest absolute Gasteiger partial charge is 0.217 e. The Morgan fingerprint density at radius 1 is 1.40 bits per heavy atom. The van der Waals surface area contributed by atoms with Gasteiger partial charge >= 0.3 is 0 Å². The van der Waals surface area contributed by atoms with E-state index in [1.165, 1.54) is 0 Å². The summed E-state index contributed by atoms with van der Waals surface area (Å²) in [5.41, 5.74) is 12.7. The van der Waals surface area contributed by atoms with Crippen molar-refractivity contribution in [3.63, 3.8) is 0 Å². The Morgan fingerprint density at radius 3 is 2.75 bits per heavy atom. The summed E-state index contributed by atoms with van der Waals surface area (Å²) in [6.45, 7) is 0.855. The molecule has 0 radical (unpaired) electrons. The molecular weight excluding hydrogens is 280 g/mol. The number of nitrogens with two attached hydrogens (primary N) is 1. The van der Waals surface area contributed by atoms with Gasteiger partial charge in [0.05, 0.1) is 18.2 Å². The van der Waals surface area contributed by atoms with Crippen molar-refractivity contribution in [1.29, 1.82) is 10.9 Å². The van der Waals surface area contributed by atoms with E-state index in [2.05, 4.69) is 5.11 Å². The van der Waals surface area contributed by atoms with Gasteiger partial charge in [-0.1, -0.05) is 11.6 Å². The molecule has 0 saturated heterocycles. The number of carbonyl (C=O) groups excluding carboxylic acids is 1. The van der Waals surface area contributed by atoms with Gasteiger partial charge in [0.2, 0.25) is 5.91 Å². The maximum atomic E-state index is 10.7. The third-order valence-corrected chi connectivity index (χ3v) is 2.87. The molecule has 0 unspecified atom stereocenters. The lowest BCUT2D eigenvalue weighted by Gasteiger charge is -2.09. The second kappa shape index (κ2) is 8.27. The molecule has 1 amide bonds. The van der Waals surface area contributed by atoms with Crippen LogP contribution in [-0.2, 0) is 4.79 Å². The monoisotopic (exact) mass is 296 g/mol. The highest BCUT2D eigenvalue weighted by Gasteiger charge is 2.08. The molecule has 0 heterocycles. The van der Waals surface area contributed by atoms with Gasteiger partial charge < -0.3 is 15.9 Å². The zero-order chi connectivity index (χ0) is 15.0. The molecule has 0 aliphatic rings. The van der Waals surface area contributed by atoms with E-state index in [0.29, 0.717) is 41.6 Å². The SMILES string of the molecule is N=NCCCOc1ccc(C(=N)CCC(N)=O)cc1Cl. The van der Waals surface area contributed by atoms with Gasteiger partial charge in [-0.05, 0) is 30.2 Å². The van der Waals surface area contributed by atoms with E-state index in [1.54, 1.807) is 18.2 Å². The number of halogens is 1. The summed E-state index contributed by atoms with van der Waals surface area (Å²) in [5, 5.41) is 11.5. The molecule has 0 aliphatic carbocycles. The molecule has 7 heteroatoms. The summed E-state index contributed by atoms with van der Waals surface area (Å²) >= 11 is 6.08. The summed E-state index contributed by atoms with van der Waals surface area (Å²) in [5.74, 6) is 0.101. The van der Waals surface area contributed by atoms with E-state index < -0.39 is 5.91 Å². The molecule has 0 aromatic heterocycles. The number of nitrogens with one attached hydrogen (secondary N) is 2. The number of carbonyl (C=O) groups is 1. The van der Waals surface area contributed by atoms with Crippen molar-refractivity contribution in [3.8, 4) is 5.75 Å². The van der Waals surface area contributed by atoms with Crippen molar-refractivity contribution in [2.75, 3.05) is 13.2 Å². The molecule has 0 spiro atoms. The average molecular weight is 297 g/mol. The van der Waals surface area contributed by atoms with Crippen LogP contribution < -0.4 is 10.5 Å². The minimum Gasteiger partial charge on any atom is -0.492 e. The van der Waals surface area contributed by atoms with Crippen LogP contribution in [0.25, 0.3) is 0 Å². The second-order valence-electron chi connectivity index (χ2n) is 4.17. The van der Waals surface area contributed by atoms with E-state index in [4.69, 9.17) is 33.0 Å². The quantitative estimate of drug-likeness (QED) is 0.369. The average Bonchev–Trinajstić information content (AvgIpc) is 2.42. The van der Waals surface area contributed by atoms with Gasteiger partial charge in [-0.2, -0.15) is 5.11 Å². The zero-order valence-corrected chi connectivity index (χ0v) is 11.7. The Hall–Kier alpha value is -1.95. The highest BCUT2D eigenvalue weighted by molar-refractivity contribution is 6.32. The molecule has 20 heavy (non-hydrogen) atoms. The minimum absolute atomic E-state index is 0.144. The Morgan fingerprint density at radius 2 is 2.15 bits per heavy atom. The third-order valence-electron chi connectivity index (χ3n) is 2.57. The van der Waals surface area contributed by atoms with Gasteiger partial charge in [0.15, 0.2) is 0 Å². The molecule has 0 saturated carbocycles. The Kier molecular flexibility index (Phi) is 6.66. The van der Waals surface area contributed by atoms with E-state index in [-0.39, 0.29) is 12.8 Å². The van der Waals surface area contributed by atoms with Crippen LogP contribution >= 0.6 is 11.6 Å². The lowest BCUT2D eigenvalue weighted by molar-refractivity contribution is -0.117. The molecule has 0 aliphatic heterocycles. The topological polar surface area (TPSA) is 112 Å². The molecule has 0 atom stereocenters. The molecule has 1 aromatic carbocycles. The second-order valence-corrected chi connectivity index (χ2v) is 4.58. The van der Waals surface area contributed by atoms with E-state index in [1.807, 2.05) is 0 Å². The van der Waals surface area contributed by atoms with Crippen LogP contribution in [0.5, 0.6) is 5.75 Å². The van der Waals surface area contributed by atoms with E-state index in [9.17, 15) is 4.79 Å². The summed E-state index contributed by atoms with van der Waals surface area (Å²) in [6, 6.07) is 5.04. The first-order valence-corrected chi connectivity index (χ1v) is 6.54. The van der Waals surface area contributed by atoms with E-state index in [0.717, 1.165) is 0 Å². The standard InChI is InChI=1S/C13H17ClN4O2/c14-10-8-9(11(15)3-5-13(16)19)2-4-12(10)20-7-1-6-18-17/h2,4,8,15,17H,1,3,5-7H2,(H2,16,19). The van der Waals surface area contributed by atoms with Crippen LogP contribution in [0.1, 0.15) is 24.8 Å². The fourth-order valence-corrected chi connectivity index (χ4v) is 1.76. The van der Waals surface area contributed by atoms with Crippen molar-refractivity contribution in [2.45, 2.75) is 19.3 Å². The fourth-order valence-electron chi connectivity index (χ4n) is 1.52. The molecule has 0 bridgehead atoms. The number of benzene rings is 1. The van der Waals surface area contributed by atoms with Crippen LogP contribution in [0.4, 0.5) is 0 Å². The van der Waals surface area contributed by atoms with Gasteiger partial charge in [0.1, 0.15) is 5.75 Å². The maximum Gasteiger partial charge on any atom is 0.217 e. The number of amides is 1. The predicted molar refractivity (Wildman–Crippen MR) is 76.8 cm³/mol. The lowest BCUT2D eigenvalue weighted by Crippen LogP contribution is -2.12. The fraction of sp³-hybridized carbons (Fsp3) is 0.385. The van der Waals surface area contributed by atoms with Crippen molar-refractivity contribution in [1.82, 2.24) is 0 Å². The van der Waals surface area contributed by atoms with E-state index >= 15 is 0 Å². The first kappa shape index (κ1) is 16.1. The van der Waals surface area contributed by atoms with Crippen LogP contribution in [-0.4, -0.2) is 24.8 Å². The first-order chi connectivity index (χ1) is 9.54. The van der Waals surface area contributed by atoms with Gasteiger partial charge in [0.25, 0.3) is 0 Å². The van der Waals surface area contributed by atoms with Crippen molar-refractivity contribution < 1.29 is 9.53 Å². The van der Waals surface area contributed by atoms with Gasteiger partial charge in [-0.15, -0.1) is 0 Å².